The van der Waals surface area contributed by atoms with Gasteiger partial charge in [-0.2, -0.15) is 10.2 Å². The van der Waals surface area contributed by atoms with Gasteiger partial charge >= 0.3 is 5.97 Å². The minimum atomic E-state index is -1.40. The number of ether oxygens (including phenoxy) is 1. The summed E-state index contributed by atoms with van der Waals surface area (Å²) in [6, 6.07) is 11.7. The number of nitrogens with zero attached hydrogens (tertiary/aromatic N) is 4. The molecular weight excluding hydrogens is 380 g/mol. The summed E-state index contributed by atoms with van der Waals surface area (Å²) in [5.74, 6) is -0.606. The van der Waals surface area contributed by atoms with Gasteiger partial charge in [-0.3, -0.25) is 20.2 Å². The predicted octanol–water partition coefficient (Wildman–Crippen LogP) is 3.51. The number of nitro groups is 2. The molecule has 0 spiro atoms. The molecule has 0 saturated heterocycles. The summed E-state index contributed by atoms with van der Waals surface area (Å²) in [4.78, 5) is 33.3. The molecule has 2 aromatic rings. The van der Waals surface area contributed by atoms with Crippen molar-refractivity contribution in [3.05, 3.63) is 85.5 Å². The van der Waals surface area contributed by atoms with Crippen LogP contribution in [0.3, 0.4) is 0 Å². The predicted molar refractivity (Wildman–Crippen MR) is 102 cm³/mol. The van der Waals surface area contributed by atoms with Crippen molar-refractivity contribution in [3.8, 4) is 0 Å². The number of nitro benzene ring substituents is 2. The summed E-state index contributed by atoms with van der Waals surface area (Å²) in [5, 5.41) is 29.8. The first-order chi connectivity index (χ1) is 13.9. The van der Waals surface area contributed by atoms with Gasteiger partial charge in [-0.15, -0.1) is 0 Å². The van der Waals surface area contributed by atoms with Crippen molar-refractivity contribution in [2.45, 2.75) is 12.0 Å². The number of rotatable bonds is 6. The second-order valence-corrected chi connectivity index (χ2v) is 6.37. The number of methoxy groups -OCH3 is 1. The zero-order chi connectivity index (χ0) is 21.0. The Hall–Kier alpha value is -3.95. The Labute approximate surface area is 164 Å². The van der Waals surface area contributed by atoms with Crippen LogP contribution in [-0.4, -0.2) is 35.0 Å². The van der Waals surface area contributed by atoms with Crippen LogP contribution in [0.2, 0.25) is 0 Å². The van der Waals surface area contributed by atoms with Crippen LogP contribution in [0.5, 0.6) is 0 Å². The van der Waals surface area contributed by atoms with Gasteiger partial charge in [0.1, 0.15) is 0 Å². The largest absolute Gasteiger partial charge is 0.467 e. The normalized spacial score (nSPS) is 19.3. The molecule has 0 radical (unpaired) electrons. The highest BCUT2D eigenvalue weighted by atomic mass is 16.6. The molecule has 0 N–H and O–H groups in total. The second-order valence-electron chi connectivity index (χ2n) is 6.37. The van der Waals surface area contributed by atoms with E-state index < -0.39 is 21.4 Å². The van der Waals surface area contributed by atoms with Crippen LogP contribution in [0, 0.1) is 20.2 Å². The fourth-order valence-electron chi connectivity index (χ4n) is 3.08. The molecule has 148 valence electrons. The van der Waals surface area contributed by atoms with Crippen molar-refractivity contribution in [1.29, 1.82) is 0 Å². The van der Waals surface area contributed by atoms with Gasteiger partial charge in [0.2, 0.25) is 5.54 Å². The third kappa shape index (κ3) is 4.00. The first kappa shape index (κ1) is 19.8. The van der Waals surface area contributed by atoms with E-state index in [1.807, 2.05) is 0 Å². The molecule has 0 aliphatic carbocycles. The van der Waals surface area contributed by atoms with E-state index in [4.69, 9.17) is 4.74 Å². The molecule has 0 aromatic heterocycles. The molecular formula is C19H16N4O6. The summed E-state index contributed by atoms with van der Waals surface area (Å²) in [7, 11) is 1.25. The van der Waals surface area contributed by atoms with Gasteiger partial charge < -0.3 is 4.74 Å². The summed E-state index contributed by atoms with van der Waals surface area (Å²) >= 11 is 0. The topological polar surface area (TPSA) is 137 Å². The average Bonchev–Trinajstić information content (AvgIpc) is 3.11. The van der Waals surface area contributed by atoms with E-state index in [1.165, 1.54) is 31.4 Å². The van der Waals surface area contributed by atoms with Crippen LogP contribution >= 0.6 is 0 Å². The van der Waals surface area contributed by atoms with Crippen molar-refractivity contribution < 1.29 is 19.4 Å². The molecule has 0 amide bonds. The van der Waals surface area contributed by atoms with Crippen molar-refractivity contribution >= 4 is 23.4 Å². The molecule has 0 bridgehead atoms. The molecule has 1 aliphatic rings. The quantitative estimate of drug-likeness (QED) is 0.416. The Morgan fingerprint density at radius 2 is 1.62 bits per heavy atom. The van der Waals surface area contributed by atoms with Gasteiger partial charge in [-0.25, -0.2) is 4.79 Å². The molecule has 29 heavy (non-hydrogen) atoms. The minimum absolute atomic E-state index is 0.0435. The summed E-state index contributed by atoms with van der Waals surface area (Å²) in [6.45, 7) is 0.166. The molecule has 1 aliphatic heterocycles. The lowest BCUT2D eigenvalue weighted by atomic mass is 9.84. The number of benzene rings is 2. The first-order valence-electron chi connectivity index (χ1n) is 8.51. The lowest BCUT2D eigenvalue weighted by Crippen LogP contribution is -2.40. The maximum atomic E-state index is 12.6. The Kier molecular flexibility index (Phi) is 5.44. The second kappa shape index (κ2) is 7.97. The number of hydrogen-bond acceptors (Lipinski definition) is 8. The van der Waals surface area contributed by atoms with E-state index >= 15 is 0 Å². The lowest BCUT2D eigenvalue weighted by molar-refractivity contribution is -0.385. The Bertz CT molecular complexity index is 1010. The van der Waals surface area contributed by atoms with E-state index in [0.29, 0.717) is 16.7 Å². The van der Waals surface area contributed by atoms with Crippen molar-refractivity contribution in [3.63, 3.8) is 0 Å². The van der Waals surface area contributed by atoms with Gasteiger partial charge in [0.15, 0.2) is 0 Å². The highest BCUT2D eigenvalue weighted by Crippen LogP contribution is 2.35. The van der Waals surface area contributed by atoms with E-state index in [2.05, 4.69) is 10.2 Å². The number of carbonyl (C=O) groups is 1. The Balaban J connectivity index is 1.96. The third-order valence-corrected chi connectivity index (χ3v) is 4.59. The van der Waals surface area contributed by atoms with Crippen LogP contribution in [0.1, 0.15) is 11.1 Å². The monoisotopic (exact) mass is 396 g/mol. The van der Waals surface area contributed by atoms with Crippen LogP contribution in [0.4, 0.5) is 11.4 Å². The maximum absolute atomic E-state index is 12.6. The summed E-state index contributed by atoms with van der Waals surface area (Å²) in [6.07, 6.45) is 1.81. The first-order valence-corrected chi connectivity index (χ1v) is 8.51. The highest BCUT2D eigenvalue weighted by Gasteiger charge is 2.46. The number of non-ortho nitro benzene ring substituents is 2. The SMILES string of the molecule is COC(=O)C1(Cc2ccc([N+](=O)[O-])cc2)N=NC/C1=C/c1ccc([N+](=O)[O-])cc1. The van der Waals surface area contributed by atoms with E-state index in [9.17, 15) is 25.0 Å². The highest BCUT2D eigenvalue weighted by molar-refractivity contribution is 5.88. The molecule has 1 heterocycles. The smallest absolute Gasteiger partial charge is 0.340 e. The van der Waals surface area contributed by atoms with Crippen LogP contribution in [-0.2, 0) is 16.0 Å². The lowest BCUT2D eigenvalue weighted by Gasteiger charge is -2.24. The Morgan fingerprint density at radius 1 is 1.07 bits per heavy atom. The van der Waals surface area contributed by atoms with Crippen LogP contribution in [0.25, 0.3) is 6.08 Å². The molecule has 2 aromatic carbocycles. The fourth-order valence-corrected chi connectivity index (χ4v) is 3.08. The van der Waals surface area contributed by atoms with E-state index in [-0.39, 0.29) is 24.3 Å². The zero-order valence-electron chi connectivity index (χ0n) is 15.3. The Morgan fingerprint density at radius 3 is 2.14 bits per heavy atom. The molecule has 0 saturated carbocycles. The van der Waals surface area contributed by atoms with Gasteiger partial charge in [0, 0.05) is 30.7 Å². The standard InChI is InChI=1S/C19H16N4O6/c1-29-18(24)19(11-14-4-8-17(9-5-14)23(27)28)15(12-20-21-19)10-13-2-6-16(7-3-13)22(25)26/h2-10H,11-12H2,1H3/b15-10-. The van der Waals surface area contributed by atoms with Crippen molar-refractivity contribution in [2.24, 2.45) is 10.2 Å². The van der Waals surface area contributed by atoms with E-state index in [0.717, 1.165) is 0 Å². The van der Waals surface area contributed by atoms with E-state index in [1.54, 1.807) is 30.3 Å². The van der Waals surface area contributed by atoms with Crippen LogP contribution in [0.15, 0.2) is 64.3 Å². The number of carbonyl (C=O) groups excluding carboxylic acids is 1. The zero-order valence-corrected chi connectivity index (χ0v) is 15.3. The fraction of sp³-hybridized carbons (Fsp3) is 0.211. The molecule has 1 atom stereocenters. The molecule has 0 fully saturated rings. The van der Waals surface area contributed by atoms with Crippen molar-refractivity contribution in [2.75, 3.05) is 13.7 Å². The molecule has 1 unspecified atom stereocenters. The summed E-state index contributed by atoms with van der Waals surface area (Å²) < 4.78 is 4.96. The van der Waals surface area contributed by atoms with Gasteiger partial charge in [-0.1, -0.05) is 18.2 Å². The van der Waals surface area contributed by atoms with Gasteiger partial charge in [0.25, 0.3) is 11.4 Å². The molecule has 10 nitrogen and oxygen atoms in total. The number of azo groups is 1. The van der Waals surface area contributed by atoms with Crippen molar-refractivity contribution in [1.82, 2.24) is 0 Å². The maximum Gasteiger partial charge on any atom is 0.340 e. The molecule has 10 heteroatoms. The van der Waals surface area contributed by atoms with Gasteiger partial charge in [0.05, 0.1) is 23.5 Å². The van der Waals surface area contributed by atoms with Crippen LogP contribution < -0.4 is 0 Å². The third-order valence-electron chi connectivity index (χ3n) is 4.59. The number of esters is 1. The average molecular weight is 396 g/mol. The number of hydrogen-bond donors (Lipinski definition) is 0. The molecule has 3 rings (SSSR count). The van der Waals surface area contributed by atoms with Gasteiger partial charge in [-0.05, 0) is 28.8 Å². The minimum Gasteiger partial charge on any atom is -0.467 e. The summed E-state index contributed by atoms with van der Waals surface area (Å²) in [5.41, 5.74) is 0.364.